The molecule has 7 nitrogen and oxygen atoms in total. The zero-order valence-electron chi connectivity index (χ0n) is 17.0. The summed E-state index contributed by atoms with van der Waals surface area (Å²) in [5.41, 5.74) is 1.34. The van der Waals surface area contributed by atoms with Gasteiger partial charge in [0.1, 0.15) is 0 Å². The Kier molecular flexibility index (Phi) is 6.71. The van der Waals surface area contributed by atoms with Crippen molar-refractivity contribution in [3.8, 4) is 0 Å². The van der Waals surface area contributed by atoms with E-state index in [4.69, 9.17) is 0 Å². The SMILES string of the molecule is COC(=O)c1cccc(S(=O)(=O)Nc2ccccc2C(=O)N[C@H](C)c2ccccc2)c1. The fourth-order valence-electron chi connectivity index (χ4n) is 2.98. The Morgan fingerprint density at radius 1 is 0.903 bits per heavy atom. The fraction of sp³-hybridized carbons (Fsp3) is 0.130. The number of para-hydroxylation sites is 1. The van der Waals surface area contributed by atoms with E-state index in [9.17, 15) is 18.0 Å². The molecule has 0 heterocycles. The van der Waals surface area contributed by atoms with Crippen molar-refractivity contribution in [2.45, 2.75) is 17.9 Å². The highest BCUT2D eigenvalue weighted by Crippen LogP contribution is 2.22. The lowest BCUT2D eigenvalue weighted by molar-refractivity contribution is 0.0600. The number of carbonyl (C=O) groups excluding carboxylic acids is 2. The van der Waals surface area contributed by atoms with Gasteiger partial charge in [0.2, 0.25) is 0 Å². The van der Waals surface area contributed by atoms with Crippen molar-refractivity contribution in [3.63, 3.8) is 0 Å². The van der Waals surface area contributed by atoms with Gasteiger partial charge in [-0.25, -0.2) is 13.2 Å². The zero-order chi connectivity index (χ0) is 22.4. The molecule has 0 radical (unpaired) electrons. The first-order valence-corrected chi connectivity index (χ1v) is 11.0. The lowest BCUT2D eigenvalue weighted by Crippen LogP contribution is -2.28. The van der Waals surface area contributed by atoms with Crippen molar-refractivity contribution < 1.29 is 22.7 Å². The third-order valence-corrected chi connectivity index (χ3v) is 5.99. The van der Waals surface area contributed by atoms with E-state index in [1.165, 1.54) is 43.5 Å². The molecular weight excluding hydrogens is 416 g/mol. The van der Waals surface area contributed by atoms with E-state index in [1.807, 2.05) is 37.3 Å². The second kappa shape index (κ2) is 9.44. The predicted molar refractivity (Wildman–Crippen MR) is 117 cm³/mol. The molecule has 1 atom stereocenters. The number of methoxy groups -OCH3 is 1. The molecule has 0 saturated heterocycles. The standard InChI is InChI=1S/C23H22N2O5S/c1-16(17-9-4-3-5-10-17)24-22(26)20-13-6-7-14-21(20)25-31(28,29)19-12-8-11-18(15-19)23(27)30-2/h3-16,25H,1-2H3,(H,24,26)/t16-/m1/s1. The topological polar surface area (TPSA) is 102 Å². The average Bonchev–Trinajstić information content (AvgIpc) is 2.79. The maximum absolute atomic E-state index is 12.9. The second-order valence-corrected chi connectivity index (χ2v) is 8.46. The van der Waals surface area contributed by atoms with Gasteiger partial charge in [0.05, 0.1) is 34.9 Å². The van der Waals surface area contributed by atoms with Crippen LogP contribution in [-0.4, -0.2) is 27.4 Å². The first-order chi connectivity index (χ1) is 14.8. The molecule has 0 spiro atoms. The Morgan fingerprint density at radius 2 is 1.58 bits per heavy atom. The molecule has 0 aliphatic carbocycles. The summed E-state index contributed by atoms with van der Waals surface area (Å²) in [6.45, 7) is 1.85. The van der Waals surface area contributed by atoms with Gasteiger partial charge in [0.25, 0.3) is 15.9 Å². The molecule has 0 saturated carbocycles. The van der Waals surface area contributed by atoms with E-state index in [-0.39, 0.29) is 27.8 Å². The summed E-state index contributed by atoms with van der Waals surface area (Å²) in [5.74, 6) is -1.07. The van der Waals surface area contributed by atoms with Gasteiger partial charge in [-0.05, 0) is 42.8 Å². The van der Waals surface area contributed by atoms with Gasteiger partial charge >= 0.3 is 5.97 Å². The number of nitrogens with one attached hydrogen (secondary N) is 2. The lowest BCUT2D eigenvalue weighted by atomic mass is 10.1. The minimum Gasteiger partial charge on any atom is -0.465 e. The van der Waals surface area contributed by atoms with Gasteiger partial charge in [-0.1, -0.05) is 48.5 Å². The van der Waals surface area contributed by atoms with E-state index < -0.39 is 21.9 Å². The Bertz CT molecular complexity index is 1190. The summed E-state index contributed by atoms with van der Waals surface area (Å²) in [7, 11) is -2.84. The van der Waals surface area contributed by atoms with Crippen molar-refractivity contribution in [1.82, 2.24) is 5.32 Å². The number of esters is 1. The molecule has 160 valence electrons. The Hall–Kier alpha value is -3.65. The lowest BCUT2D eigenvalue weighted by Gasteiger charge is -2.17. The van der Waals surface area contributed by atoms with Crippen molar-refractivity contribution in [2.24, 2.45) is 0 Å². The quantitative estimate of drug-likeness (QED) is 0.547. The number of hydrogen-bond donors (Lipinski definition) is 2. The van der Waals surface area contributed by atoms with Crippen molar-refractivity contribution in [1.29, 1.82) is 0 Å². The van der Waals surface area contributed by atoms with E-state index >= 15 is 0 Å². The van der Waals surface area contributed by atoms with Gasteiger partial charge in [0.15, 0.2) is 0 Å². The number of hydrogen-bond acceptors (Lipinski definition) is 5. The van der Waals surface area contributed by atoms with Gasteiger partial charge in [-0.2, -0.15) is 0 Å². The number of benzene rings is 3. The van der Waals surface area contributed by atoms with Crippen LogP contribution in [0.15, 0.2) is 83.8 Å². The summed E-state index contributed by atoms with van der Waals surface area (Å²) in [6.07, 6.45) is 0. The number of anilines is 1. The van der Waals surface area contributed by atoms with Gasteiger partial charge < -0.3 is 10.1 Å². The first kappa shape index (κ1) is 22.0. The maximum Gasteiger partial charge on any atom is 0.337 e. The van der Waals surface area contributed by atoms with Crippen molar-refractivity contribution in [2.75, 3.05) is 11.8 Å². The molecule has 3 rings (SSSR count). The number of carbonyl (C=O) groups is 2. The molecular formula is C23H22N2O5S. The Morgan fingerprint density at radius 3 is 2.29 bits per heavy atom. The fourth-order valence-corrected chi connectivity index (χ4v) is 4.11. The highest BCUT2D eigenvalue weighted by atomic mass is 32.2. The first-order valence-electron chi connectivity index (χ1n) is 9.48. The zero-order valence-corrected chi connectivity index (χ0v) is 17.8. The highest BCUT2D eigenvalue weighted by Gasteiger charge is 2.21. The monoisotopic (exact) mass is 438 g/mol. The van der Waals surface area contributed by atoms with E-state index in [1.54, 1.807) is 12.1 Å². The number of amides is 1. The molecule has 8 heteroatoms. The smallest absolute Gasteiger partial charge is 0.337 e. The molecule has 3 aromatic carbocycles. The number of ether oxygens (including phenoxy) is 1. The average molecular weight is 439 g/mol. The molecule has 0 unspecified atom stereocenters. The van der Waals surface area contributed by atoms with Crippen LogP contribution in [0.5, 0.6) is 0 Å². The Balaban J connectivity index is 1.85. The van der Waals surface area contributed by atoms with E-state index in [2.05, 4.69) is 14.8 Å². The summed E-state index contributed by atoms with van der Waals surface area (Å²) in [6, 6.07) is 21.0. The van der Waals surface area contributed by atoms with Crippen LogP contribution in [0.4, 0.5) is 5.69 Å². The molecule has 0 aromatic heterocycles. The molecule has 31 heavy (non-hydrogen) atoms. The van der Waals surface area contributed by atoms with Crippen molar-refractivity contribution >= 4 is 27.6 Å². The van der Waals surface area contributed by atoms with Crippen LogP contribution < -0.4 is 10.0 Å². The van der Waals surface area contributed by atoms with Crippen LogP contribution >= 0.6 is 0 Å². The van der Waals surface area contributed by atoms with E-state index in [0.717, 1.165) is 5.56 Å². The van der Waals surface area contributed by atoms with Gasteiger partial charge in [-0.3, -0.25) is 9.52 Å². The molecule has 0 fully saturated rings. The second-order valence-electron chi connectivity index (χ2n) is 6.78. The molecule has 1 amide bonds. The molecule has 0 aliphatic heterocycles. The molecule has 0 aliphatic rings. The van der Waals surface area contributed by atoms with Crippen LogP contribution in [0.2, 0.25) is 0 Å². The largest absolute Gasteiger partial charge is 0.465 e. The summed E-state index contributed by atoms with van der Waals surface area (Å²) >= 11 is 0. The van der Waals surface area contributed by atoms with Crippen LogP contribution in [0, 0.1) is 0 Å². The van der Waals surface area contributed by atoms with Crippen molar-refractivity contribution in [3.05, 3.63) is 95.6 Å². The van der Waals surface area contributed by atoms with E-state index in [0.29, 0.717) is 0 Å². The molecule has 2 N–H and O–H groups in total. The third kappa shape index (κ3) is 5.29. The van der Waals surface area contributed by atoms with Crippen LogP contribution in [-0.2, 0) is 14.8 Å². The Labute approximate surface area is 181 Å². The molecule has 3 aromatic rings. The maximum atomic E-state index is 12.9. The minimum absolute atomic E-state index is 0.105. The number of sulfonamides is 1. The normalized spacial score (nSPS) is 11.9. The highest BCUT2D eigenvalue weighted by molar-refractivity contribution is 7.92. The van der Waals surface area contributed by atoms with Gasteiger partial charge in [-0.15, -0.1) is 0 Å². The van der Waals surface area contributed by atoms with Crippen LogP contribution in [0.3, 0.4) is 0 Å². The molecule has 0 bridgehead atoms. The van der Waals surface area contributed by atoms with Crippen LogP contribution in [0.25, 0.3) is 0 Å². The predicted octanol–water partition coefficient (Wildman–Crippen LogP) is 3.77. The third-order valence-electron chi connectivity index (χ3n) is 4.63. The number of rotatable bonds is 7. The van der Waals surface area contributed by atoms with Gasteiger partial charge in [0, 0.05) is 0 Å². The minimum atomic E-state index is -4.05. The summed E-state index contributed by atoms with van der Waals surface area (Å²) < 4.78 is 32.9. The summed E-state index contributed by atoms with van der Waals surface area (Å²) in [5, 5.41) is 2.88. The van der Waals surface area contributed by atoms with Crippen LogP contribution in [0.1, 0.15) is 39.2 Å². The summed E-state index contributed by atoms with van der Waals surface area (Å²) in [4.78, 5) is 24.4.